The number of carbonyl (C=O) groups excluding carboxylic acids is 1. The number of rotatable bonds is 8. The molecule has 168 valence electrons. The molecular formula is C21H25ClFN3O4S. The standard InChI is InChI=1S/C21H25ClFN3O4S/c1-30-17-8-6-16(7-9-17)25-11-13-26(14-12-25)31(28,29)15-3-10-24-21(27)20-18(22)4-2-5-19(20)23/h2,4-9H,3,10-15H2,1H3,(H,24,27). The predicted octanol–water partition coefficient (Wildman–Crippen LogP) is 2.76. The molecule has 1 aliphatic rings. The van der Waals surface area contributed by atoms with Gasteiger partial charge in [0.05, 0.1) is 23.4 Å². The van der Waals surface area contributed by atoms with Crippen molar-refractivity contribution in [3.05, 3.63) is 58.9 Å². The highest BCUT2D eigenvalue weighted by Crippen LogP contribution is 2.21. The first-order valence-electron chi connectivity index (χ1n) is 9.91. The Morgan fingerprint density at radius 2 is 1.81 bits per heavy atom. The van der Waals surface area contributed by atoms with Crippen molar-refractivity contribution in [3.63, 3.8) is 0 Å². The zero-order chi connectivity index (χ0) is 22.4. The molecule has 0 spiro atoms. The van der Waals surface area contributed by atoms with Gasteiger partial charge < -0.3 is 15.0 Å². The summed E-state index contributed by atoms with van der Waals surface area (Å²) in [6.45, 7) is 2.08. The number of carbonyl (C=O) groups is 1. The van der Waals surface area contributed by atoms with E-state index in [1.807, 2.05) is 24.3 Å². The van der Waals surface area contributed by atoms with E-state index in [1.54, 1.807) is 7.11 Å². The van der Waals surface area contributed by atoms with Crippen LogP contribution in [0.3, 0.4) is 0 Å². The lowest BCUT2D eigenvalue weighted by atomic mass is 10.2. The Balaban J connectivity index is 1.45. The van der Waals surface area contributed by atoms with Crippen molar-refractivity contribution in [2.75, 3.05) is 50.5 Å². The quantitative estimate of drug-likeness (QED) is 0.601. The van der Waals surface area contributed by atoms with Crippen molar-refractivity contribution >= 4 is 33.2 Å². The van der Waals surface area contributed by atoms with Gasteiger partial charge in [0.25, 0.3) is 5.91 Å². The molecule has 0 aliphatic carbocycles. The van der Waals surface area contributed by atoms with Crippen molar-refractivity contribution in [2.45, 2.75) is 6.42 Å². The third-order valence-corrected chi connectivity index (χ3v) is 7.40. The largest absolute Gasteiger partial charge is 0.497 e. The lowest BCUT2D eigenvalue weighted by molar-refractivity contribution is 0.0949. The van der Waals surface area contributed by atoms with E-state index in [0.29, 0.717) is 26.2 Å². The van der Waals surface area contributed by atoms with Crippen molar-refractivity contribution in [2.24, 2.45) is 0 Å². The van der Waals surface area contributed by atoms with Crippen LogP contribution in [0.1, 0.15) is 16.8 Å². The second-order valence-corrected chi connectivity index (χ2v) is 9.60. The van der Waals surface area contributed by atoms with Gasteiger partial charge in [-0.1, -0.05) is 17.7 Å². The van der Waals surface area contributed by atoms with Crippen molar-refractivity contribution < 1.29 is 22.3 Å². The minimum Gasteiger partial charge on any atom is -0.497 e. The predicted molar refractivity (Wildman–Crippen MR) is 119 cm³/mol. The van der Waals surface area contributed by atoms with E-state index in [-0.39, 0.29) is 29.3 Å². The van der Waals surface area contributed by atoms with Crippen LogP contribution < -0.4 is 15.0 Å². The maximum absolute atomic E-state index is 13.8. The van der Waals surface area contributed by atoms with Gasteiger partial charge in [-0.25, -0.2) is 12.8 Å². The van der Waals surface area contributed by atoms with E-state index in [1.165, 1.54) is 16.4 Å². The summed E-state index contributed by atoms with van der Waals surface area (Å²) in [6.07, 6.45) is 0.221. The minimum absolute atomic E-state index is 0.0138. The number of anilines is 1. The number of amides is 1. The fraction of sp³-hybridized carbons (Fsp3) is 0.381. The van der Waals surface area contributed by atoms with Crippen LogP contribution in [0.25, 0.3) is 0 Å². The summed E-state index contributed by atoms with van der Waals surface area (Å²) in [7, 11) is -1.83. The van der Waals surface area contributed by atoms with Gasteiger partial charge in [0.1, 0.15) is 11.6 Å². The molecule has 7 nitrogen and oxygen atoms in total. The van der Waals surface area contributed by atoms with Gasteiger partial charge in [-0.2, -0.15) is 4.31 Å². The number of hydrogen-bond acceptors (Lipinski definition) is 5. The van der Waals surface area contributed by atoms with Crippen LogP contribution in [-0.2, 0) is 10.0 Å². The van der Waals surface area contributed by atoms with Gasteiger partial charge in [0.2, 0.25) is 10.0 Å². The summed E-state index contributed by atoms with van der Waals surface area (Å²) >= 11 is 5.87. The van der Waals surface area contributed by atoms with Crippen LogP contribution in [0, 0.1) is 5.82 Å². The van der Waals surface area contributed by atoms with E-state index in [0.717, 1.165) is 17.5 Å². The fourth-order valence-corrected chi connectivity index (χ4v) is 5.14. The Hall–Kier alpha value is -2.36. The van der Waals surface area contributed by atoms with E-state index in [4.69, 9.17) is 16.3 Å². The zero-order valence-electron chi connectivity index (χ0n) is 17.2. The maximum Gasteiger partial charge on any atom is 0.255 e. The molecule has 31 heavy (non-hydrogen) atoms. The monoisotopic (exact) mass is 469 g/mol. The molecule has 2 aromatic rings. The Morgan fingerprint density at radius 3 is 2.42 bits per heavy atom. The highest BCUT2D eigenvalue weighted by Gasteiger charge is 2.26. The Labute approximate surface area is 186 Å². The van der Waals surface area contributed by atoms with Crippen molar-refractivity contribution in [3.8, 4) is 5.75 Å². The first-order chi connectivity index (χ1) is 14.8. The first kappa shape index (κ1) is 23.3. The molecule has 0 bridgehead atoms. The van der Waals surface area contributed by atoms with Gasteiger partial charge >= 0.3 is 0 Å². The highest BCUT2D eigenvalue weighted by molar-refractivity contribution is 7.89. The molecule has 1 amide bonds. The summed E-state index contributed by atoms with van der Waals surface area (Å²) in [5.74, 6) is -0.698. The van der Waals surface area contributed by atoms with Crippen LogP contribution in [0.2, 0.25) is 5.02 Å². The van der Waals surface area contributed by atoms with Crippen LogP contribution in [0.15, 0.2) is 42.5 Å². The van der Waals surface area contributed by atoms with Crippen LogP contribution in [-0.4, -0.2) is 64.2 Å². The summed E-state index contributed by atoms with van der Waals surface area (Å²) in [4.78, 5) is 14.2. The minimum atomic E-state index is -3.44. The molecule has 0 atom stereocenters. The molecule has 3 rings (SSSR count). The summed E-state index contributed by atoms with van der Waals surface area (Å²) in [5.41, 5.74) is 0.786. The Kier molecular flexibility index (Phi) is 7.74. The molecule has 1 N–H and O–H groups in total. The average Bonchev–Trinajstić information content (AvgIpc) is 2.77. The number of sulfonamides is 1. The van der Waals surface area contributed by atoms with Gasteiger partial charge in [-0.3, -0.25) is 4.79 Å². The highest BCUT2D eigenvalue weighted by atomic mass is 35.5. The van der Waals surface area contributed by atoms with Gasteiger partial charge in [0.15, 0.2) is 0 Å². The molecule has 1 saturated heterocycles. The molecule has 0 unspecified atom stereocenters. The van der Waals surface area contributed by atoms with E-state index in [2.05, 4.69) is 10.2 Å². The number of ether oxygens (including phenoxy) is 1. The fourth-order valence-electron chi connectivity index (χ4n) is 3.41. The third kappa shape index (κ3) is 5.87. The number of halogens is 2. The Bertz CT molecular complexity index is 990. The first-order valence-corrected chi connectivity index (χ1v) is 11.9. The van der Waals surface area contributed by atoms with Crippen molar-refractivity contribution in [1.82, 2.24) is 9.62 Å². The summed E-state index contributed by atoms with van der Waals surface area (Å²) < 4.78 is 45.7. The Morgan fingerprint density at radius 1 is 1.13 bits per heavy atom. The topological polar surface area (TPSA) is 79.0 Å². The number of piperazine rings is 1. The van der Waals surface area contributed by atoms with Crippen LogP contribution in [0.4, 0.5) is 10.1 Å². The number of nitrogens with one attached hydrogen (secondary N) is 1. The van der Waals surface area contributed by atoms with Gasteiger partial charge in [-0.15, -0.1) is 0 Å². The number of hydrogen-bond donors (Lipinski definition) is 1. The molecule has 1 fully saturated rings. The average molecular weight is 470 g/mol. The molecule has 0 aromatic heterocycles. The molecular weight excluding hydrogens is 445 g/mol. The van der Waals surface area contributed by atoms with E-state index in [9.17, 15) is 17.6 Å². The van der Waals surface area contributed by atoms with Crippen molar-refractivity contribution in [1.29, 1.82) is 0 Å². The molecule has 10 heteroatoms. The van der Waals surface area contributed by atoms with Crippen LogP contribution >= 0.6 is 11.6 Å². The van der Waals surface area contributed by atoms with Gasteiger partial charge in [0, 0.05) is 38.4 Å². The number of nitrogens with zero attached hydrogens (tertiary/aromatic N) is 2. The van der Waals surface area contributed by atoms with Crippen LogP contribution in [0.5, 0.6) is 5.75 Å². The lowest BCUT2D eigenvalue weighted by Crippen LogP contribution is -2.49. The molecule has 0 radical (unpaired) electrons. The SMILES string of the molecule is COc1ccc(N2CCN(S(=O)(=O)CCCNC(=O)c3c(F)cccc3Cl)CC2)cc1. The summed E-state index contributed by atoms with van der Waals surface area (Å²) in [6, 6.07) is 11.6. The zero-order valence-corrected chi connectivity index (χ0v) is 18.8. The van der Waals surface area contributed by atoms with Gasteiger partial charge in [-0.05, 0) is 42.8 Å². The van der Waals surface area contributed by atoms with E-state index >= 15 is 0 Å². The van der Waals surface area contributed by atoms with E-state index < -0.39 is 21.7 Å². The number of benzene rings is 2. The third-order valence-electron chi connectivity index (χ3n) is 5.12. The molecule has 1 aliphatic heterocycles. The normalized spacial score (nSPS) is 15.0. The summed E-state index contributed by atoms with van der Waals surface area (Å²) in [5, 5.41) is 2.54. The second-order valence-electron chi connectivity index (χ2n) is 7.11. The molecule has 1 heterocycles. The lowest BCUT2D eigenvalue weighted by Gasteiger charge is -2.35. The smallest absolute Gasteiger partial charge is 0.255 e. The maximum atomic E-state index is 13.8. The second kappa shape index (κ2) is 10.3. The number of methoxy groups -OCH3 is 1. The molecule has 0 saturated carbocycles. The molecule has 2 aromatic carbocycles.